The van der Waals surface area contributed by atoms with Gasteiger partial charge in [-0.1, -0.05) is 12.1 Å². The first-order valence-electron chi connectivity index (χ1n) is 4.82. The van der Waals surface area contributed by atoms with Crippen molar-refractivity contribution in [2.24, 2.45) is 0 Å². The predicted molar refractivity (Wildman–Crippen MR) is 50.2 cm³/mol. The molecule has 0 N–H and O–H groups in total. The first-order valence-corrected chi connectivity index (χ1v) is 4.82. The molecule has 2 rings (SSSR count). The normalized spacial score (nSPS) is 21.4. The molecule has 0 aliphatic carbocycles. The van der Waals surface area contributed by atoms with Gasteiger partial charge < -0.3 is 9.47 Å². The lowest BCUT2D eigenvalue weighted by atomic mass is 10.2. The van der Waals surface area contributed by atoms with Gasteiger partial charge in [0.15, 0.2) is 6.29 Å². The van der Waals surface area contributed by atoms with Gasteiger partial charge in [0.2, 0.25) is 0 Å². The Kier molecular flexibility index (Phi) is 3.11. The van der Waals surface area contributed by atoms with Gasteiger partial charge >= 0.3 is 0 Å². The summed E-state index contributed by atoms with van der Waals surface area (Å²) >= 11 is 0. The molecule has 1 aromatic rings. The van der Waals surface area contributed by atoms with Crippen LogP contribution >= 0.6 is 0 Å². The average Bonchev–Trinajstić information content (AvgIpc) is 2.70. The van der Waals surface area contributed by atoms with E-state index in [-0.39, 0.29) is 12.1 Å². The summed E-state index contributed by atoms with van der Waals surface area (Å²) in [4.78, 5) is 0. The van der Waals surface area contributed by atoms with Crippen molar-refractivity contribution in [1.82, 2.24) is 0 Å². The smallest absolute Gasteiger partial charge is 0.158 e. The molecular weight excluding hydrogens is 183 g/mol. The van der Waals surface area contributed by atoms with E-state index in [4.69, 9.17) is 9.47 Å². The van der Waals surface area contributed by atoms with Crippen molar-refractivity contribution in [2.75, 3.05) is 6.61 Å². The van der Waals surface area contributed by atoms with E-state index in [0.29, 0.717) is 6.61 Å². The Balaban J connectivity index is 1.82. The second-order valence-corrected chi connectivity index (χ2v) is 3.38. The van der Waals surface area contributed by atoms with Gasteiger partial charge in [0.1, 0.15) is 5.82 Å². The maximum Gasteiger partial charge on any atom is 0.158 e. The van der Waals surface area contributed by atoms with Crippen molar-refractivity contribution in [3.63, 3.8) is 0 Å². The summed E-state index contributed by atoms with van der Waals surface area (Å²) in [5.74, 6) is -0.217. The van der Waals surface area contributed by atoms with Crippen LogP contribution in [0.4, 0.5) is 4.39 Å². The van der Waals surface area contributed by atoms with Crippen LogP contribution in [0.15, 0.2) is 24.3 Å². The van der Waals surface area contributed by atoms with E-state index in [1.807, 2.05) is 0 Å². The number of hydrogen-bond donors (Lipinski definition) is 0. The molecule has 1 heterocycles. The van der Waals surface area contributed by atoms with Crippen molar-refractivity contribution in [3.8, 4) is 0 Å². The summed E-state index contributed by atoms with van der Waals surface area (Å²) in [7, 11) is 0. The van der Waals surface area contributed by atoms with Gasteiger partial charge in [0.25, 0.3) is 0 Å². The van der Waals surface area contributed by atoms with Crippen LogP contribution in [0.25, 0.3) is 0 Å². The predicted octanol–water partition coefficient (Wildman–Crippen LogP) is 2.48. The van der Waals surface area contributed by atoms with E-state index >= 15 is 0 Å². The molecule has 1 unspecified atom stereocenters. The van der Waals surface area contributed by atoms with E-state index in [9.17, 15) is 4.39 Å². The first kappa shape index (κ1) is 9.62. The molecule has 0 aromatic heterocycles. The summed E-state index contributed by atoms with van der Waals surface area (Å²) in [6, 6.07) is 6.33. The van der Waals surface area contributed by atoms with Crippen LogP contribution in [-0.4, -0.2) is 12.9 Å². The second kappa shape index (κ2) is 4.53. The fraction of sp³-hybridized carbons (Fsp3) is 0.455. The molecule has 0 spiro atoms. The summed E-state index contributed by atoms with van der Waals surface area (Å²) in [6.07, 6.45) is 1.95. The number of hydrogen-bond acceptors (Lipinski definition) is 2. The van der Waals surface area contributed by atoms with E-state index in [2.05, 4.69) is 0 Å². The van der Waals surface area contributed by atoms with Crippen LogP contribution in [0, 0.1) is 5.82 Å². The maximum atomic E-state index is 12.6. The lowest BCUT2D eigenvalue weighted by Crippen LogP contribution is -2.09. The quantitative estimate of drug-likeness (QED) is 0.739. The zero-order valence-corrected chi connectivity index (χ0v) is 7.91. The minimum atomic E-state index is -0.217. The lowest BCUT2D eigenvalue weighted by molar-refractivity contribution is -0.118. The Morgan fingerprint density at radius 2 is 2.14 bits per heavy atom. The highest BCUT2D eigenvalue weighted by atomic mass is 19.1. The molecule has 1 aliphatic heterocycles. The Morgan fingerprint density at radius 3 is 2.79 bits per heavy atom. The molecule has 1 saturated heterocycles. The van der Waals surface area contributed by atoms with Crippen molar-refractivity contribution in [2.45, 2.75) is 25.7 Å². The van der Waals surface area contributed by atoms with Crippen LogP contribution in [0.3, 0.4) is 0 Å². The Labute approximate surface area is 82.6 Å². The van der Waals surface area contributed by atoms with E-state index < -0.39 is 0 Å². The highest BCUT2D eigenvalue weighted by molar-refractivity contribution is 5.14. The molecule has 1 aliphatic rings. The number of ether oxygens (including phenoxy) is 2. The zero-order valence-electron chi connectivity index (χ0n) is 7.91. The highest BCUT2D eigenvalue weighted by Gasteiger charge is 2.15. The van der Waals surface area contributed by atoms with Crippen LogP contribution < -0.4 is 0 Å². The van der Waals surface area contributed by atoms with Gasteiger partial charge in [-0.15, -0.1) is 0 Å². The average molecular weight is 196 g/mol. The van der Waals surface area contributed by atoms with Gasteiger partial charge in [-0.05, 0) is 24.1 Å². The van der Waals surface area contributed by atoms with Crippen LogP contribution in [0.5, 0.6) is 0 Å². The molecule has 1 fully saturated rings. The second-order valence-electron chi connectivity index (χ2n) is 3.38. The molecule has 76 valence electrons. The molecule has 0 bridgehead atoms. The number of rotatable bonds is 3. The number of halogens is 1. The Hall–Kier alpha value is -0.930. The summed E-state index contributed by atoms with van der Waals surface area (Å²) in [6.45, 7) is 1.28. The van der Waals surface area contributed by atoms with Gasteiger partial charge in [0, 0.05) is 13.0 Å². The largest absolute Gasteiger partial charge is 0.353 e. The Bertz CT molecular complexity index is 278. The fourth-order valence-electron chi connectivity index (χ4n) is 1.45. The molecule has 1 atom stereocenters. The molecule has 0 radical (unpaired) electrons. The zero-order chi connectivity index (χ0) is 9.80. The summed E-state index contributed by atoms with van der Waals surface area (Å²) in [5.41, 5.74) is 0.974. The van der Waals surface area contributed by atoms with Crippen LogP contribution in [0.1, 0.15) is 18.4 Å². The van der Waals surface area contributed by atoms with Gasteiger partial charge in [-0.3, -0.25) is 0 Å². The standard InChI is InChI=1S/C11H13FO2/c12-10-5-3-9(4-6-10)8-14-11-2-1-7-13-11/h3-6,11H,1-2,7-8H2. The van der Waals surface area contributed by atoms with Crippen molar-refractivity contribution in [1.29, 1.82) is 0 Å². The first-order chi connectivity index (χ1) is 6.84. The fourth-order valence-corrected chi connectivity index (χ4v) is 1.45. The van der Waals surface area contributed by atoms with Crippen LogP contribution in [-0.2, 0) is 16.1 Å². The minimum Gasteiger partial charge on any atom is -0.353 e. The van der Waals surface area contributed by atoms with Crippen LogP contribution in [0.2, 0.25) is 0 Å². The highest BCUT2D eigenvalue weighted by Crippen LogP contribution is 2.15. The van der Waals surface area contributed by atoms with E-state index in [1.54, 1.807) is 12.1 Å². The SMILES string of the molecule is Fc1ccc(COC2CCCO2)cc1. The molecule has 14 heavy (non-hydrogen) atoms. The third kappa shape index (κ3) is 2.53. The minimum absolute atomic E-state index is 0.0694. The van der Waals surface area contributed by atoms with Gasteiger partial charge in [0.05, 0.1) is 6.61 Å². The maximum absolute atomic E-state index is 12.6. The Morgan fingerprint density at radius 1 is 1.36 bits per heavy atom. The van der Waals surface area contributed by atoms with Gasteiger partial charge in [-0.2, -0.15) is 0 Å². The molecule has 0 amide bonds. The van der Waals surface area contributed by atoms with Crippen molar-refractivity contribution >= 4 is 0 Å². The molecule has 3 heteroatoms. The van der Waals surface area contributed by atoms with E-state index in [0.717, 1.165) is 25.0 Å². The van der Waals surface area contributed by atoms with Gasteiger partial charge in [-0.25, -0.2) is 4.39 Å². The van der Waals surface area contributed by atoms with E-state index in [1.165, 1.54) is 12.1 Å². The molecular formula is C11H13FO2. The lowest BCUT2D eigenvalue weighted by Gasteiger charge is -2.10. The topological polar surface area (TPSA) is 18.5 Å². The molecule has 2 nitrogen and oxygen atoms in total. The molecule has 1 aromatic carbocycles. The summed E-state index contributed by atoms with van der Waals surface area (Å²) in [5, 5.41) is 0. The van der Waals surface area contributed by atoms with Crippen molar-refractivity contribution < 1.29 is 13.9 Å². The third-order valence-electron chi connectivity index (χ3n) is 2.24. The van der Waals surface area contributed by atoms with Crippen molar-refractivity contribution in [3.05, 3.63) is 35.6 Å². The molecule has 0 saturated carbocycles. The monoisotopic (exact) mass is 196 g/mol. The summed E-state index contributed by atoms with van der Waals surface area (Å²) < 4.78 is 23.3. The third-order valence-corrected chi connectivity index (χ3v) is 2.24. The number of benzene rings is 1.